The van der Waals surface area contributed by atoms with Gasteiger partial charge in [0.05, 0.1) is 11.1 Å². The van der Waals surface area contributed by atoms with Crippen molar-refractivity contribution in [3.05, 3.63) is 41.0 Å². The highest BCUT2D eigenvalue weighted by Gasteiger charge is 2.29. The number of fused-ring (bicyclic) bond motifs is 1. The summed E-state index contributed by atoms with van der Waals surface area (Å²) in [6, 6.07) is 5.02. The van der Waals surface area contributed by atoms with Crippen LogP contribution < -0.4 is 5.73 Å². The van der Waals surface area contributed by atoms with Crippen LogP contribution in [0.5, 0.6) is 0 Å². The molecule has 4 nitrogen and oxygen atoms in total. The normalized spacial score (nSPS) is 14.3. The summed E-state index contributed by atoms with van der Waals surface area (Å²) in [6.07, 6.45) is 4.56. The van der Waals surface area contributed by atoms with Crippen LogP contribution in [0.2, 0.25) is 0 Å². The van der Waals surface area contributed by atoms with Gasteiger partial charge in [-0.1, -0.05) is 18.2 Å². The second-order valence-electron chi connectivity index (χ2n) is 3.46. The van der Waals surface area contributed by atoms with E-state index >= 15 is 0 Å². The van der Waals surface area contributed by atoms with Gasteiger partial charge < -0.3 is 10.5 Å². The molecule has 0 saturated heterocycles. The van der Waals surface area contributed by atoms with Crippen molar-refractivity contribution in [1.82, 2.24) is 0 Å². The van der Waals surface area contributed by atoms with Crippen molar-refractivity contribution in [1.29, 1.82) is 0 Å². The summed E-state index contributed by atoms with van der Waals surface area (Å²) in [7, 11) is 0. The minimum Gasteiger partial charge on any atom is -0.386 e. The van der Waals surface area contributed by atoms with E-state index in [-0.39, 0.29) is 0 Å². The fourth-order valence-corrected chi connectivity index (χ4v) is 1.52. The van der Waals surface area contributed by atoms with Crippen molar-refractivity contribution < 1.29 is 14.3 Å². The number of carbonyl (C=O) groups excluding carboxylic acids is 2. The summed E-state index contributed by atoms with van der Waals surface area (Å²) < 4.78 is 4.49. The van der Waals surface area contributed by atoms with Gasteiger partial charge in [0.2, 0.25) is 0 Å². The second kappa shape index (κ2) is 4.28. The van der Waals surface area contributed by atoms with E-state index in [0.29, 0.717) is 17.7 Å². The van der Waals surface area contributed by atoms with Crippen molar-refractivity contribution in [3.8, 4) is 0 Å². The topological polar surface area (TPSA) is 69.4 Å². The number of ether oxygens (including phenoxy) is 1. The number of nitrogens with two attached hydrogens (primary N) is 1. The molecule has 0 radical (unpaired) electrons. The maximum absolute atomic E-state index is 11.3. The molecule has 1 aliphatic rings. The van der Waals surface area contributed by atoms with Gasteiger partial charge in [0.15, 0.2) is 0 Å². The predicted octanol–water partition coefficient (Wildman–Crippen LogP) is 1.36. The molecule has 0 fully saturated rings. The Kier molecular flexibility index (Phi) is 2.83. The van der Waals surface area contributed by atoms with Crippen molar-refractivity contribution in [3.63, 3.8) is 0 Å². The average molecular weight is 217 g/mol. The van der Waals surface area contributed by atoms with Crippen LogP contribution >= 0.6 is 0 Å². The molecule has 1 aromatic carbocycles. The highest BCUT2D eigenvalue weighted by molar-refractivity contribution is 6.14. The Morgan fingerprint density at radius 2 is 1.94 bits per heavy atom. The van der Waals surface area contributed by atoms with Crippen LogP contribution in [0.1, 0.15) is 32.7 Å². The summed E-state index contributed by atoms with van der Waals surface area (Å²) in [4.78, 5) is 22.4. The number of benzene rings is 1. The molecule has 0 aromatic heterocycles. The maximum atomic E-state index is 11.3. The number of rotatable bonds is 3. The molecule has 2 rings (SSSR count). The molecule has 0 unspecified atom stereocenters. The monoisotopic (exact) mass is 217 g/mol. The molecule has 0 atom stereocenters. The third kappa shape index (κ3) is 1.87. The lowest BCUT2D eigenvalue weighted by atomic mass is 10.1. The molecule has 2 N–H and O–H groups in total. The minimum absolute atomic E-state index is 0.333. The zero-order chi connectivity index (χ0) is 11.5. The molecule has 1 aliphatic heterocycles. The Balaban J connectivity index is 2.30. The predicted molar refractivity (Wildman–Crippen MR) is 58.9 cm³/mol. The molecular formula is C12H11NO3. The zero-order valence-corrected chi connectivity index (χ0v) is 8.60. The van der Waals surface area contributed by atoms with Crippen LogP contribution in [-0.2, 0) is 4.74 Å². The molecule has 0 bridgehead atoms. The fourth-order valence-electron chi connectivity index (χ4n) is 1.52. The summed E-state index contributed by atoms with van der Waals surface area (Å²) in [6.45, 7) is 0.585. The molecular weight excluding hydrogens is 206 g/mol. The second-order valence-corrected chi connectivity index (χ2v) is 3.46. The molecule has 0 amide bonds. The summed E-state index contributed by atoms with van der Waals surface area (Å²) >= 11 is 0. The van der Waals surface area contributed by atoms with E-state index in [0.717, 1.165) is 12.0 Å². The molecule has 16 heavy (non-hydrogen) atoms. The molecule has 82 valence electrons. The molecule has 1 heterocycles. The number of carbonyl (C=O) groups is 2. The molecule has 0 spiro atoms. The van der Waals surface area contributed by atoms with Crippen molar-refractivity contribution in [2.45, 2.75) is 6.42 Å². The fraction of sp³-hybridized carbons (Fsp3) is 0.167. The van der Waals surface area contributed by atoms with E-state index in [1.165, 1.54) is 0 Å². The van der Waals surface area contributed by atoms with Crippen LogP contribution in [0.4, 0.5) is 0 Å². The van der Waals surface area contributed by atoms with Crippen molar-refractivity contribution >= 4 is 18.0 Å². The number of esters is 2. The van der Waals surface area contributed by atoms with Gasteiger partial charge in [-0.05, 0) is 30.7 Å². The lowest BCUT2D eigenvalue weighted by Gasteiger charge is -1.95. The van der Waals surface area contributed by atoms with Crippen LogP contribution in [-0.4, -0.2) is 18.5 Å². The van der Waals surface area contributed by atoms with E-state index < -0.39 is 11.9 Å². The highest BCUT2D eigenvalue weighted by atomic mass is 16.6. The SMILES string of the molecule is NCCC=Cc1ccc2c(c1)C(=O)OC2=O. The maximum Gasteiger partial charge on any atom is 0.346 e. The standard InChI is InChI=1S/C12H11NO3/c13-6-2-1-3-8-4-5-9-10(7-8)12(15)16-11(9)14/h1,3-5,7H,2,6,13H2. The Morgan fingerprint density at radius 1 is 1.19 bits per heavy atom. The molecule has 0 saturated carbocycles. The van der Waals surface area contributed by atoms with E-state index in [4.69, 9.17) is 5.73 Å². The number of hydrogen-bond acceptors (Lipinski definition) is 4. The van der Waals surface area contributed by atoms with E-state index in [1.807, 2.05) is 12.2 Å². The number of hydrogen-bond donors (Lipinski definition) is 1. The van der Waals surface area contributed by atoms with Gasteiger partial charge in [0.25, 0.3) is 0 Å². The smallest absolute Gasteiger partial charge is 0.346 e. The van der Waals surface area contributed by atoms with E-state index in [9.17, 15) is 9.59 Å². The third-order valence-corrected chi connectivity index (χ3v) is 2.31. The summed E-state index contributed by atoms with van der Waals surface area (Å²) in [5.41, 5.74) is 6.88. The average Bonchev–Trinajstić information content (AvgIpc) is 2.55. The quantitative estimate of drug-likeness (QED) is 0.613. The van der Waals surface area contributed by atoms with Crippen LogP contribution in [0.15, 0.2) is 24.3 Å². The van der Waals surface area contributed by atoms with Crippen molar-refractivity contribution in [2.75, 3.05) is 6.54 Å². The minimum atomic E-state index is -0.575. The summed E-state index contributed by atoms with van der Waals surface area (Å²) in [5, 5.41) is 0. The largest absolute Gasteiger partial charge is 0.386 e. The Morgan fingerprint density at radius 3 is 2.69 bits per heavy atom. The van der Waals surface area contributed by atoms with Crippen molar-refractivity contribution in [2.24, 2.45) is 5.73 Å². The first-order valence-corrected chi connectivity index (χ1v) is 4.99. The Hall–Kier alpha value is -1.94. The van der Waals surface area contributed by atoms with E-state index in [2.05, 4.69) is 4.74 Å². The van der Waals surface area contributed by atoms with Crippen LogP contribution in [0.3, 0.4) is 0 Å². The van der Waals surface area contributed by atoms with Gasteiger partial charge in [0, 0.05) is 0 Å². The Bertz CT molecular complexity index is 477. The van der Waals surface area contributed by atoms with E-state index in [1.54, 1.807) is 18.2 Å². The lowest BCUT2D eigenvalue weighted by molar-refractivity contribution is 0.0444. The van der Waals surface area contributed by atoms with Gasteiger partial charge in [-0.15, -0.1) is 0 Å². The highest BCUT2D eigenvalue weighted by Crippen LogP contribution is 2.21. The first-order valence-electron chi connectivity index (χ1n) is 4.99. The first-order chi connectivity index (χ1) is 7.72. The van der Waals surface area contributed by atoms with Gasteiger partial charge in [-0.25, -0.2) is 9.59 Å². The Labute approximate surface area is 92.7 Å². The van der Waals surface area contributed by atoms with Crippen LogP contribution in [0.25, 0.3) is 6.08 Å². The third-order valence-electron chi connectivity index (χ3n) is 2.31. The van der Waals surface area contributed by atoms with Gasteiger partial charge in [-0.3, -0.25) is 0 Å². The van der Waals surface area contributed by atoms with Gasteiger partial charge >= 0.3 is 11.9 Å². The van der Waals surface area contributed by atoms with Gasteiger partial charge in [0.1, 0.15) is 0 Å². The molecule has 0 aliphatic carbocycles. The lowest BCUT2D eigenvalue weighted by Crippen LogP contribution is -1.96. The van der Waals surface area contributed by atoms with Gasteiger partial charge in [-0.2, -0.15) is 0 Å². The summed E-state index contributed by atoms with van der Waals surface area (Å²) in [5.74, 6) is -1.15. The first kappa shape index (κ1) is 10.6. The molecule has 4 heteroatoms. The zero-order valence-electron chi connectivity index (χ0n) is 8.60. The van der Waals surface area contributed by atoms with Crippen LogP contribution in [0, 0.1) is 0 Å². The number of cyclic esters (lactones) is 2. The molecule has 1 aromatic rings.